The zero-order chi connectivity index (χ0) is 32.6. The molecule has 0 aliphatic heterocycles. The number of rotatable bonds is 13. The lowest BCUT2D eigenvalue weighted by Gasteiger charge is -2.07. The van der Waals surface area contributed by atoms with Crippen molar-refractivity contribution in [3.8, 4) is 17.2 Å². The number of anilines is 2. The van der Waals surface area contributed by atoms with Crippen LogP contribution in [0.4, 0.5) is 11.4 Å². The molecule has 0 saturated carbocycles. The zero-order valence-corrected chi connectivity index (χ0v) is 26.6. The molecule has 15 heteroatoms. The molecule has 238 valence electrons. The van der Waals surface area contributed by atoms with Crippen LogP contribution in [0.5, 0.6) is 5.75 Å². The number of H-pyrrole nitrogens is 2. The van der Waals surface area contributed by atoms with Crippen molar-refractivity contribution >= 4 is 57.8 Å². The number of carbonyl (C=O) groups is 2. The number of phenols is 1. The van der Waals surface area contributed by atoms with Gasteiger partial charge in [-0.05, 0) is 43.2 Å². The fraction of sp³-hybridized carbons (Fsp3) is 0.258. The summed E-state index contributed by atoms with van der Waals surface area (Å²) < 4.78 is 5.83. The molecule has 5 rings (SSSR count). The minimum absolute atomic E-state index is 0.00622. The van der Waals surface area contributed by atoms with Crippen LogP contribution in [0.3, 0.4) is 0 Å². The quantitative estimate of drug-likeness (QED) is 0.0864. The number of aryl methyl sites for hydroxylation is 2. The molecule has 0 bridgehead atoms. The van der Waals surface area contributed by atoms with Gasteiger partial charge in [0, 0.05) is 41.0 Å². The second-order valence-electron chi connectivity index (χ2n) is 10.2. The third kappa shape index (κ3) is 8.63. The number of benzene rings is 2. The highest BCUT2D eigenvalue weighted by Crippen LogP contribution is 2.34. The number of amides is 2. The molecule has 0 radical (unpaired) electrons. The van der Waals surface area contributed by atoms with Crippen LogP contribution in [-0.4, -0.2) is 53.3 Å². The van der Waals surface area contributed by atoms with Crippen molar-refractivity contribution in [1.29, 1.82) is 0 Å². The number of aromatic amines is 2. The van der Waals surface area contributed by atoms with Crippen LogP contribution in [0, 0.1) is 0 Å². The molecular formula is C31H31N7O6S2. The van der Waals surface area contributed by atoms with E-state index in [0.717, 1.165) is 36.4 Å². The Bertz CT molecular complexity index is 2010. The molecular weight excluding hydrogens is 631 g/mol. The van der Waals surface area contributed by atoms with Crippen molar-refractivity contribution in [2.24, 2.45) is 0 Å². The summed E-state index contributed by atoms with van der Waals surface area (Å²) in [6.45, 7) is 3.99. The zero-order valence-electron chi connectivity index (χ0n) is 25.0. The van der Waals surface area contributed by atoms with Gasteiger partial charge in [-0.2, -0.15) is 0 Å². The number of fused-ring (bicyclic) bond motifs is 1. The fourth-order valence-corrected chi connectivity index (χ4v) is 5.83. The Morgan fingerprint density at radius 1 is 0.783 bits per heavy atom. The molecule has 0 saturated heterocycles. The molecule has 2 aromatic carbocycles. The third-order valence-corrected chi connectivity index (χ3v) is 8.17. The lowest BCUT2D eigenvalue weighted by molar-refractivity contribution is -0.114. The molecule has 3 heterocycles. The number of carbonyl (C=O) groups excluding carboxylic acids is 2. The Kier molecular flexibility index (Phi) is 10.5. The van der Waals surface area contributed by atoms with Gasteiger partial charge in [-0.15, -0.1) is 0 Å². The summed E-state index contributed by atoms with van der Waals surface area (Å²) in [5, 5.41) is 17.0. The molecule has 0 unspecified atom stereocenters. The summed E-state index contributed by atoms with van der Waals surface area (Å²) >= 11 is 2.24. The smallest absolute Gasteiger partial charge is 0.251 e. The van der Waals surface area contributed by atoms with Crippen molar-refractivity contribution in [3.05, 3.63) is 80.6 Å². The van der Waals surface area contributed by atoms with Gasteiger partial charge in [0.15, 0.2) is 15.9 Å². The summed E-state index contributed by atoms with van der Waals surface area (Å²) in [6, 6.07) is 12.5. The SMILES string of the molecule is CCCc1cc(=O)[nH]c(SCC(=O)Nc2ccc(-c3nc4cc(NC(=O)CSc5nc(CCC)cc(=O)[nH]5)ccc4o3)c(O)c2)n1. The predicted molar refractivity (Wildman–Crippen MR) is 178 cm³/mol. The number of oxazole rings is 1. The van der Waals surface area contributed by atoms with Gasteiger partial charge in [-0.3, -0.25) is 19.2 Å². The second-order valence-corrected chi connectivity index (χ2v) is 12.1. The highest BCUT2D eigenvalue weighted by molar-refractivity contribution is 8.00. The largest absolute Gasteiger partial charge is 0.507 e. The normalized spacial score (nSPS) is 11.1. The number of nitrogens with zero attached hydrogens (tertiary/aromatic N) is 3. The van der Waals surface area contributed by atoms with E-state index in [1.54, 1.807) is 30.3 Å². The summed E-state index contributed by atoms with van der Waals surface area (Å²) in [5.74, 6) is -0.588. The standard InChI is InChI=1S/C31H31N7O6S2/c1-3-5-17-13-25(40)37-30(34-17)45-15-27(42)32-19-8-10-24-22(11-19)36-29(44-24)21-9-7-20(12-23(21)39)33-28(43)16-46-31-35-18(6-4-2)14-26(41)38-31/h7-14,39H,3-6,15-16H2,1-2H3,(H,32,42)(H,33,43)(H,34,37,40)(H,35,38,41). The predicted octanol–water partition coefficient (Wildman–Crippen LogP) is 4.73. The van der Waals surface area contributed by atoms with Gasteiger partial charge in [0.2, 0.25) is 17.7 Å². The fourth-order valence-electron chi connectivity index (χ4n) is 4.44. The van der Waals surface area contributed by atoms with Crippen LogP contribution in [0.15, 0.2) is 72.9 Å². The summed E-state index contributed by atoms with van der Waals surface area (Å²) in [6.07, 6.45) is 3.06. The molecule has 0 aliphatic carbocycles. The van der Waals surface area contributed by atoms with Crippen molar-refractivity contribution in [2.45, 2.75) is 49.8 Å². The molecule has 0 atom stereocenters. The van der Waals surface area contributed by atoms with Gasteiger partial charge >= 0.3 is 0 Å². The van der Waals surface area contributed by atoms with Crippen molar-refractivity contribution in [1.82, 2.24) is 24.9 Å². The summed E-state index contributed by atoms with van der Waals surface area (Å²) in [4.78, 5) is 67.3. The molecule has 2 amide bonds. The topological polar surface area (TPSA) is 196 Å². The first-order chi connectivity index (χ1) is 22.2. The van der Waals surface area contributed by atoms with Crippen LogP contribution < -0.4 is 21.8 Å². The number of phenolic OH excluding ortho intramolecular Hbond substituents is 1. The van der Waals surface area contributed by atoms with E-state index in [1.165, 1.54) is 18.2 Å². The van der Waals surface area contributed by atoms with Crippen LogP contribution >= 0.6 is 23.5 Å². The highest BCUT2D eigenvalue weighted by atomic mass is 32.2. The molecule has 5 N–H and O–H groups in total. The van der Waals surface area contributed by atoms with E-state index in [4.69, 9.17) is 4.42 Å². The maximum atomic E-state index is 12.6. The highest BCUT2D eigenvalue weighted by Gasteiger charge is 2.15. The summed E-state index contributed by atoms with van der Waals surface area (Å²) in [5.41, 5.74) is 2.91. The first-order valence-corrected chi connectivity index (χ1v) is 16.5. The van der Waals surface area contributed by atoms with Gasteiger partial charge in [0.05, 0.1) is 17.1 Å². The Morgan fingerprint density at radius 2 is 1.33 bits per heavy atom. The van der Waals surface area contributed by atoms with Gasteiger partial charge in [-0.25, -0.2) is 15.0 Å². The van der Waals surface area contributed by atoms with Crippen molar-refractivity contribution in [3.63, 3.8) is 0 Å². The monoisotopic (exact) mass is 661 g/mol. The van der Waals surface area contributed by atoms with Gasteiger partial charge < -0.3 is 30.1 Å². The van der Waals surface area contributed by atoms with Crippen molar-refractivity contribution in [2.75, 3.05) is 22.1 Å². The maximum absolute atomic E-state index is 12.6. The van der Waals surface area contributed by atoms with Gasteiger partial charge in [0.1, 0.15) is 11.3 Å². The number of hydrogen-bond donors (Lipinski definition) is 5. The average molecular weight is 662 g/mol. The van der Waals surface area contributed by atoms with Crippen molar-refractivity contribution < 1.29 is 19.1 Å². The first kappa shape index (κ1) is 32.5. The Hall–Kier alpha value is -4.89. The van der Waals surface area contributed by atoms with E-state index < -0.39 is 0 Å². The lowest BCUT2D eigenvalue weighted by atomic mass is 10.2. The van der Waals surface area contributed by atoms with E-state index in [-0.39, 0.29) is 46.1 Å². The number of thioether (sulfide) groups is 2. The van der Waals surface area contributed by atoms with E-state index in [0.29, 0.717) is 62.6 Å². The number of aromatic nitrogens is 5. The van der Waals surface area contributed by atoms with Crippen LogP contribution in [0.25, 0.3) is 22.6 Å². The van der Waals surface area contributed by atoms with Gasteiger partial charge in [0.25, 0.3) is 11.1 Å². The molecule has 0 aliphatic rings. The molecule has 46 heavy (non-hydrogen) atoms. The van der Waals surface area contributed by atoms with E-state index in [9.17, 15) is 24.3 Å². The molecule has 0 fully saturated rings. The minimum atomic E-state index is -0.343. The number of aromatic hydroxyl groups is 1. The van der Waals surface area contributed by atoms with Crippen LogP contribution in [0.2, 0.25) is 0 Å². The number of nitrogens with one attached hydrogen (secondary N) is 4. The number of hydrogen-bond acceptors (Lipinski definition) is 11. The third-order valence-electron chi connectivity index (χ3n) is 6.42. The molecule has 13 nitrogen and oxygen atoms in total. The Balaban J connectivity index is 1.19. The van der Waals surface area contributed by atoms with E-state index in [2.05, 4.69) is 35.6 Å². The molecule has 5 aromatic rings. The van der Waals surface area contributed by atoms with E-state index >= 15 is 0 Å². The lowest BCUT2D eigenvalue weighted by Crippen LogP contribution is -2.16. The second kappa shape index (κ2) is 14.9. The molecule has 0 spiro atoms. The first-order valence-electron chi connectivity index (χ1n) is 14.5. The average Bonchev–Trinajstić information content (AvgIpc) is 3.42. The Morgan fingerprint density at radius 3 is 1.87 bits per heavy atom. The summed E-state index contributed by atoms with van der Waals surface area (Å²) in [7, 11) is 0. The Labute approximate surface area is 271 Å². The molecule has 3 aromatic heterocycles. The van der Waals surface area contributed by atoms with Crippen LogP contribution in [0.1, 0.15) is 38.1 Å². The minimum Gasteiger partial charge on any atom is -0.507 e. The maximum Gasteiger partial charge on any atom is 0.251 e. The van der Waals surface area contributed by atoms with Gasteiger partial charge in [-0.1, -0.05) is 50.2 Å². The van der Waals surface area contributed by atoms with Crippen LogP contribution in [-0.2, 0) is 22.4 Å². The van der Waals surface area contributed by atoms with E-state index in [1.807, 2.05) is 13.8 Å².